The highest BCUT2D eigenvalue weighted by Crippen LogP contribution is 2.47. The van der Waals surface area contributed by atoms with Crippen molar-refractivity contribution in [2.45, 2.75) is 0 Å². The highest BCUT2D eigenvalue weighted by molar-refractivity contribution is 7.26. The fourth-order valence-corrected chi connectivity index (χ4v) is 8.29. The van der Waals surface area contributed by atoms with Crippen molar-refractivity contribution in [1.29, 1.82) is 0 Å². The van der Waals surface area contributed by atoms with E-state index in [4.69, 9.17) is 9.97 Å². The molecule has 0 radical (unpaired) electrons. The highest BCUT2D eigenvalue weighted by Gasteiger charge is 2.25. The molecule has 0 amide bonds. The predicted octanol–water partition coefficient (Wildman–Crippen LogP) is 10.9. The quantitative estimate of drug-likeness (QED) is 0.194. The maximum atomic E-state index is 5.55. The van der Waals surface area contributed by atoms with Crippen molar-refractivity contribution in [2.24, 2.45) is 0 Å². The third-order valence-corrected chi connectivity index (χ3v) is 10.2. The summed E-state index contributed by atoms with van der Waals surface area (Å²) in [4.78, 5) is 10.8. The van der Waals surface area contributed by atoms with Crippen molar-refractivity contribution >= 4 is 53.3 Å². The molecule has 4 heteroatoms. The van der Waals surface area contributed by atoms with Gasteiger partial charge in [-0.1, -0.05) is 115 Å². The Morgan fingerprint density at radius 2 is 1.02 bits per heavy atom. The number of benzene rings is 6. The van der Waals surface area contributed by atoms with Crippen molar-refractivity contribution in [3.8, 4) is 50.6 Å². The first kappa shape index (κ1) is 23.9. The Hall–Kier alpha value is -5.58. The number of aromatic nitrogens is 3. The van der Waals surface area contributed by atoms with Gasteiger partial charge >= 0.3 is 0 Å². The summed E-state index contributed by atoms with van der Waals surface area (Å²) in [6.07, 6.45) is 1.96. The van der Waals surface area contributed by atoms with Crippen molar-refractivity contribution in [3.05, 3.63) is 140 Å². The summed E-state index contributed by atoms with van der Waals surface area (Å²) in [7, 11) is 0. The molecule has 9 aromatic rings. The minimum atomic E-state index is 0.818. The summed E-state index contributed by atoms with van der Waals surface area (Å²) in [6.45, 7) is 0. The average Bonchev–Trinajstić information content (AvgIpc) is 3.63. The van der Waals surface area contributed by atoms with E-state index in [2.05, 4.69) is 138 Å². The molecule has 0 bridgehead atoms. The van der Waals surface area contributed by atoms with E-state index in [1.807, 2.05) is 17.5 Å². The molecule has 0 saturated carbocycles. The van der Waals surface area contributed by atoms with E-state index >= 15 is 0 Å². The average molecular weight is 578 g/mol. The Morgan fingerprint density at radius 3 is 1.75 bits per heavy atom. The fraction of sp³-hybridized carbons (Fsp3) is 0. The lowest BCUT2D eigenvalue weighted by Gasteiger charge is -2.22. The molecule has 3 aromatic heterocycles. The number of fused-ring (bicyclic) bond motifs is 15. The molecule has 1 aliphatic rings. The molecule has 0 spiro atoms. The molecule has 10 rings (SSSR count). The van der Waals surface area contributed by atoms with Crippen LogP contribution >= 0.6 is 11.3 Å². The monoisotopic (exact) mass is 577 g/mol. The van der Waals surface area contributed by atoms with Gasteiger partial charge in [0.2, 0.25) is 0 Å². The van der Waals surface area contributed by atoms with Gasteiger partial charge in [-0.3, -0.25) is 9.55 Å². The summed E-state index contributed by atoms with van der Waals surface area (Å²) < 4.78 is 4.90. The van der Waals surface area contributed by atoms with Gasteiger partial charge in [-0.2, -0.15) is 0 Å². The number of para-hydroxylation sites is 1. The maximum absolute atomic E-state index is 5.55. The Kier molecular flexibility index (Phi) is 4.87. The third kappa shape index (κ3) is 3.20. The van der Waals surface area contributed by atoms with Crippen LogP contribution in [0.1, 0.15) is 0 Å². The van der Waals surface area contributed by atoms with Gasteiger partial charge in [0.1, 0.15) is 0 Å². The van der Waals surface area contributed by atoms with Crippen molar-refractivity contribution in [3.63, 3.8) is 0 Å². The van der Waals surface area contributed by atoms with Crippen LogP contribution in [-0.2, 0) is 0 Å². The first-order valence-electron chi connectivity index (χ1n) is 14.8. The van der Waals surface area contributed by atoms with Crippen molar-refractivity contribution in [1.82, 2.24) is 14.5 Å². The number of rotatable bonds is 1. The molecule has 3 heterocycles. The van der Waals surface area contributed by atoms with Crippen LogP contribution in [0, 0.1) is 0 Å². The topological polar surface area (TPSA) is 30.7 Å². The maximum Gasteiger partial charge on any atom is 0.156 e. The lowest BCUT2D eigenvalue weighted by Crippen LogP contribution is -2.05. The lowest BCUT2D eigenvalue weighted by atomic mass is 9.84. The van der Waals surface area contributed by atoms with Gasteiger partial charge in [0, 0.05) is 42.1 Å². The van der Waals surface area contributed by atoms with Gasteiger partial charge in [-0.25, -0.2) is 4.98 Å². The molecule has 1 aliphatic carbocycles. The standard InChI is InChI=1S/C40H23N3S/c1-2-12-25-24(11-1)26-13-3-5-16-29(26)38-39(30-17-6-4-14-27(25)30)42-36(23-41-38)43-33-19-9-7-15-28(33)31-21-22-35-37(40(31)43)32-18-8-10-20-34(32)44-35/h1-23H. The first-order valence-corrected chi connectivity index (χ1v) is 15.7. The Bertz CT molecular complexity index is 2620. The highest BCUT2D eigenvalue weighted by atomic mass is 32.1. The number of nitrogens with zero attached hydrogens (tertiary/aromatic N) is 3. The predicted molar refractivity (Wildman–Crippen MR) is 185 cm³/mol. The SMILES string of the molecule is c1ccc2c(c1)-c1ccccc1-c1ncc(-n3c4ccccc4c4ccc5sc6ccccc6c5c43)nc1-c1ccccc1-2. The molecule has 0 fully saturated rings. The zero-order valence-electron chi connectivity index (χ0n) is 23.5. The summed E-state index contributed by atoms with van der Waals surface area (Å²) in [5.74, 6) is 0.818. The van der Waals surface area contributed by atoms with E-state index in [1.165, 1.54) is 58.7 Å². The summed E-state index contributed by atoms with van der Waals surface area (Å²) in [5, 5.41) is 4.99. The minimum Gasteiger partial charge on any atom is -0.292 e. The van der Waals surface area contributed by atoms with Crippen LogP contribution in [0.3, 0.4) is 0 Å². The van der Waals surface area contributed by atoms with Gasteiger partial charge in [-0.05, 0) is 40.5 Å². The second kappa shape index (κ2) is 8.96. The van der Waals surface area contributed by atoms with E-state index in [0.717, 1.165) is 33.8 Å². The molecule has 0 N–H and O–H groups in total. The zero-order valence-corrected chi connectivity index (χ0v) is 24.3. The van der Waals surface area contributed by atoms with Crippen molar-refractivity contribution in [2.75, 3.05) is 0 Å². The molecule has 3 nitrogen and oxygen atoms in total. The number of hydrogen-bond donors (Lipinski definition) is 0. The molecule has 0 aliphatic heterocycles. The zero-order chi connectivity index (χ0) is 28.8. The second-order valence-corrected chi connectivity index (χ2v) is 12.4. The van der Waals surface area contributed by atoms with E-state index in [9.17, 15) is 0 Å². The van der Waals surface area contributed by atoms with Crippen LogP contribution in [-0.4, -0.2) is 14.5 Å². The molecular weight excluding hydrogens is 555 g/mol. The van der Waals surface area contributed by atoms with Gasteiger partial charge < -0.3 is 0 Å². The van der Waals surface area contributed by atoms with Crippen LogP contribution in [0.2, 0.25) is 0 Å². The van der Waals surface area contributed by atoms with Crippen LogP contribution < -0.4 is 0 Å². The van der Waals surface area contributed by atoms with E-state index < -0.39 is 0 Å². The van der Waals surface area contributed by atoms with Crippen LogP contribution in [0.15, 0.2) is 140 Å². The Morgan fingerprint density at radius 1 is 0.455 bits per heavy atom. The van der Waals surface area contributed by atoms with Gasteiger partial charge in [-0.15, -0.1) is 11.3 Å². The first-order chi connectivity index (χ1) is 21.8. The molecule has 0 unspecified atom stereocenters. The van der Waals surface area contributed by atoms with Crippen LogP contribution in [0.5, 0.6) is 0 Å². The van der Waals surface area contributed by atoms with Crippen molar-refractivity contribution < 1.29 is 0 Å². The van der Waals surface area contributed by atoms with Gasteiger partial charge in [0.05, 0.1) is 28.6 Å². The molecule has 0 atom stereocenters. The minimum absolute atomic E-state index is 0.818. The normalized spacial score (nSPS) is 12.1. The molecule has 0 saturated heterocycles. The van der Waals surface area contributed by atoms with Gasteiger partial charge in [0.15, 0.2) is 5.82 Å². The second-order valence-electron chi connectivity index (χ2n) is 11.3. The van der Waals surface area contributed by atoms with E-state index in [1.54, 1.807) is 0 Å². The van der Waals surface area contributed by atoms with E-state index in [0.29, 0.717) is 0 Å². The molecule has 44 heavy (non-hydrogen) atoms. The smallest absolute Gasteiger partial charge is 0.156 e. The fourth-order valence-electron chi connectivity index (χ4n) is 7.18. The number of hydrogen-bond acceptors (Lipinski definition) is 3. The molecule has 204 valence electrons. The van der Waals surface area contributed by atoms with Crippen LogP contribution in [0.4, 0.5) is 0 Å². The third-order valence-electron chi connectivity index (χ3n) is 9.04. The van der Waals surface area contributed by atoms with E-state index in [-0.39, 0.29) is 0 Å². The molecule has 6 aromatic carbocycles. The van der Waals surface area contributed by atoms with Crippen LogP contribution in [0.25, 0.3) is 92.6 Å². The Balaban J connectivity index is 1.36. The van der Waals surface area contributed by atoms with Gasteiger partial charge in [0.25, 0.3) is 0 Å². The Labute approximate surface area is 257 Å². The lowest BCUT2D eigenvalue weighted by molar-refractivity contribution is 1.05. The summed E-state index contributed by atoms with van der Waals surface area (Å²) >= 11 is 1.85. The molecular formula is C40H23N3S. The summed E-state index contributed by atoms with van der Waals surface area (Å²) in [6, 6.07) is 47.8. The summed E-state index contributed by atoms with van der Waals surface area (Å²) in [5.41, 5.74) is 11.0. The number of thiophene rings is 1. The largest absolute Gasteiger partial charge is 0.292 e.